The van der Waals surface area contributed by atoms with Crippen molar-refractivity contribution >= 4 is 27.4 Å². The summed E-state index contributed by atoms with van der Waals surface area (Å²) in [6.07, 6.45) is -4.11. The van der Waals surface area contributed by atoms with Crippen molar-refractivity contribution in [1.82, 2.24) is 0 Å². The zero-order chi connectivity index (χ0) is 20.0. The third-order valence-corrected chi connectivity index (χ3v) is 4.87. The summed E-state index contributed by atoms with van der Waals surface area (Å²) in [6.45, 7) is 2.54. The predicted octanol–water partition coefficient (Wildman–Crippen LogP) is 4.28. The fraction of sp³-hybridized carbons (Fsp3) is 0.333. The van der Waals surface area contributed by atoms with Gasteiger partial charge in [0, 0.05) is 5.56 Å². The van der Waals surface area contributed by atoms with Crippen molar-refractivity contribution in [3.05, 3.63) is 56.8 Å². The molecule has 0 bridgehead atoms. The highest BCUT2D eigenvalue weighted by Crippen LogP contribution is 2.54. The first-order chi connectivity index (χ1) is 12.6. The van der Waals surface area contributed by atoms with E-state index in [2.05, 4.69) is 21.2 Å². The second kappa shape index (κ2) is 6.69. The van der Waals surface area contributed by atoms with Crippen molar-refractivity contribution in [2.75, 3.05) is 11.9 Å². The molecule has 0 fully saturated rings. The predicted molar refractivity (Wildman–Crippen MR) is 95.5 cm³/mol. The van der Waals surface area contributed by atoms with Gasteiger partial charge in [-0.2, -0.15) is 18.4 Å². The quantitative estimate of drug-likeness (QED) is 0.569. The normalized spacial score (nSPS) is 18.4. The molecule has 3 rings (SSSR count). The molecule has 0 amide bonds. The SMILES string of the molecule is CC(C)OCC1(C(F)(F)F)c2cc(C#N)ccc2Nc2c1cc(Br)c[n+]2[O-]. The van der Waals surface area contributed by atoms with Gasteiger partial charge >= 0.3 is 6.18 Å². The van der Waals surface area contributed by atoms with Crippen LogP contribution in [0.5, 0.6) is 0 Å². The van der Waals surface area contributed by atoms with Crippen LogP contribution in [0.3, 0.4) is 0 Å². The summed E-state index contributed by atoms with van der Waals surface area (Å²) in [5.74, 6) is -0.222. The second-order valence-corrected chi connectivity index (χ2v) is 7.42. The van der Waals surface area contributed by atoms with Gasteiger partial charge in [0.25, 0.3) is 5.82 Å². The number of alkyl halides is 3. The molecule has 1 N–H and O–H groups in total. The Morgan fingerprint density at radius 3 is 2.63 bits per heavy atom. The van der Waals surface area contributed by atoms with Crippen LogP contribution in [0, 0.1) is 16.5 Å². The third-order valence-electron chi connectivity index (χ3n) is 4.44. The van der Waals surface area contributed by atoms with Gasteiger partial charge in [0.05, 0.1) is 34.4 Å². The molecule has 5 nitrogen and oxygen atoms in total. The molecule has 2 heterocycles. The zero-order valence-corrected chi connectivity index (χ0v) is 16.0. The van der Waals surface area contributed by atoms with Crippen LogP contribution in [0.25, 0.3) is 0 Å². The standard InChI is InChI=1S/C18H15BrF3N3O2/c1-10(2)27-9-17(18(20,21)22)13-5-11(7-23)3-4-15(13)24-16-14(17)6-12(19)8-25(16)26/h3-6,8,10,24H,9H2,1-2H3. The number of aromatic nitrogens is 1. The lowest BCUT2D eigenvalue weighted by molar-refractivity contribution is -0.591. The van der Waals surface area contributed by atoms with Crippen LogP contribution < -0.4 is 10.0 Å². The van der Waals surface area contributed by atoms with E-state index < -0.39 is 24.3 Å². The van der Waals surface area contributed by atoms with Gasteiger partial charge in [-0.05, 0) is 54.0 Å². The Hall–Kier alpha value is -2.31. The Kier molecular flexibility index (Phi) is 4.82. The Bertz CT molecular complexity index is 941. The van der Waals surface area contributed by atoms with Crippen LogP contribution in [0.4, 0.5) is 24.7 Å². The lowest BCUT2D eigenvalue weighted by Crippen LogP contribution is -2.52. The maximum atomic E-state index is 14.6. The fourth-order valence-corrected chi connectivity index (χ4v) is 3.58. The molecule has 1 aliphatic rings. The summed E-state index contributed by atoms with van der Waals surface area (Å²) < 4.78 is 49.7. The topological polar surface area (TPSA) is 72.0 Å². The summed E-state index contributed by atoms with van der Waals surface area (Å²) in [4.78, 5) is 0. The molecule has 1 atom stereocenters. The van der Waals surface area contributed by atoms with Crippen molar-refractivity contribution in [3.8, 4) is 6.07 Å². The Morgan fingerprint density at radius 2 is 2.04 bits per heavy atom. The maximum Gasteiger partial charge on any atom is 0.405 e. The monoisotopic (exact) mass is 441 g/mol. The molecule has 1 aliphatic heterocycles. The van der Waals surface area contributed by atoms with E-state index in [1.165, 1.54) is 24.3 Å². The molecule has 1 aromatic heterocycles. The van der Waals surface area contributed by atoms with E-state index >= 15 is 0 Å². The number of hydrogen-bond donors (Lipinski definition) is 1. The molecule has 27 heavy (non-hydrogen) atoms. The molecule has 0 saturated carbocycles. The number of hydrogen-bond acceptors (Lipinski definition) is 4. The minimum atomic E-state index is -4.78. The Balaban J connectivity index is 2.40. The van der Waals surface area contributed by atoms with E-state index in [-0.39, 0.29) is 32.7 Å². The number of nitriles is 1. The van der Waals surface area contributed by atoms with Crippen molar-refractivity contribution in [2.45, 2.75) is 31.5 Å². The van der Waals surface area contributed by atoms with E-state index in [1.807, 2.05) is 6.07 Å². The van der Waals surface area contributed by atoms with Crippen molar-refractivity contribution in [1.29, 1.82) is 5.26 Å². The lowest BCUT2D eigenvalue weighted by Gasteiger charge is -2.40. The molecule has 2 aromatic rings. The minimum Gasteiger partial charge on any atom is -0.711 e. The van der Waals surface area contributed by atoms with Crippen LogP contribution in [0.1, 0.15) is 30.5 Å². The minimum absolute atomic E-state index is 0.0853. The number of rotatable bonds is 3. The molecular weight excluding hydrogens is 427 g/mol. The van der Waals surface area contributed by atoms with Gasteiger partial charge < -0.3 is 9.94 Å². The van der Waals surface area contributed by atoms with E-state index in [0.717, 1.165) is 6.20 Å². The fourth-order valence-electron chi connectivity index (χ4n) is 3.17. The Labute approximate surface area is 162 Å². The van der Waals surface area contributed by atoms with Crippen LogP contribution >= 0.6 is 15.9 Å². The maximum absolute atomic E-state index is 14.6. The number of halogens is 4. The van der Waals surface area contributed by atoms with E-state index in [0.29, 0.717) is 4.73 Å². The number of ether oxygens (including phenoxy) is 1. The van der Waals surface area contributed by atoms with Gasteiger partial charge in [-0.15, -0.1) is 0 Å². The summed E-state index contributed by atoms with van der Waals surface area (Å²) in [5.41, 5.74) is -2.82. The van der Waals surface area contributed by atoms with Crippen molar-refractivity contribution in [3.63, 3.8) is 0 Å². The van der Waals surface area contributed by atoms with E-state index in [9.17, 15) is 18.4 Å². The zero-order valence-electron chi connectivity index (χ0n) is 14.4. The van der Waals surface area contributed by atoms with E-state index in [1.54, 1.807) is 13.8 Å². The van der Waals surface area contributed by atoms with Crippen LogP contribution in [-0.4, -0.2) is 18.9 Å². The molecule has 0 radical (unpaired) electrons. The molecule has 142 valence electrons. The lowest BCUT2D eigenvalue weighted by atomic mass is 9.71. The first-order valence-electron chi connectivity index (χ1n) is 8.03. The highest BCUT2D eigenvalue weighted by Gasteiger charge is 2.63. The van der Waals surface area contributed by atoms with Gasteiger partial charge in [0.1, 0.15) is 11.9 Å². The Morgan fingerprint density at radius 1 is 1.33 bits per heavy atom. The molecule has 0 aliphatic carbocycles. The molecule has 0 spiro atoms. The first kappa shape index (κ1) is 19.5. The van der Waals surface area contributed by atoms with Crippen LogP contribution in [-0.2, 0) is 10.2 Å². The number of pyridine rings is 1. The summed E-state index contributed by atoms with van der Waals surface area (Å²) in [7, 11) is 0. The van der Waals surface area contributed by atoms with Gasteiger partial charge in [0.2, 0.25) is 0 Å². The largest absolute Gasteiger partial charge is 0.711 e. The summed E-state index contributed by atoms with van der Waals surface area (Å²) >= 11 is 3.10. The molecular formula is C18H15BrF3N3O2. The van der Waals surface area contributed by atoms with Gasteiger partial charge in [-0.25, -0.2) is 10.0 Å². The number of benzene rings is 1. The van der Waals surface area contributed by atoms with Crippen LogP contribution in [0.15, 0.2) is 34.9 Å². The first-order valence-corrected chi connectivity index (χ1v) is 8.82. The van der Waals surface area contributed by atoms with Crippen molar-refractivity contribution in [2.24, 2.45) is 0 Å². The molecule has 1 unspecified atom stereocenters. The number of fused-ring (bicyclic) bond motifs is 2. The van der Waals surface area contributed by atoms with E-state index in [4.69, 9.17) is 10.00 Å². The van der Waals surface area contributed by atoms with Crippen molar-refractivity contribution < 1.29 is 22.6 Å². The molecule has 9 heteroatoms. The number of nitrogens with zero attached hydrogens (tertiary/aromatic N) is 2. The average molecular weight is 442 g/mol. The summed E-state index contributed by atoms with van der Waals surface area (Å²) in [6, 6.07) is 7.09. The molecule has 0 saturated heterocycles. The van der Waals surface area contributed by atoms with Gasteiger partial charge in [0.15, 0.2) is 5.41 Å². The average Bonchev–Trinajstić information content (AvgIpc) is 2.57. The number of anilines is 2. The second-order valence-electron chi connectivity index (χ2n) is 6.51. The smallest absolute Gasteiger partial charge is 0.405 e. The number of nitrogens with one attached hydrogen (secondary N) is 1. The molecule has 1 aromatic carbocycles. The third kappa shape index (κ3) is 3.13. The summed E-state index contributed by atoms with van der Waals surface area (Å²) in [5, 5.41) is 24.3. The van der Waals surface area contributed by atoms with Crippen LogP contribution in [0.2, 0.25) is 0 Å². The van der Waals surface area contributed by atoms with Gasteiger partial charge in [-0.3, -0.25) is 0 Å². The van der Waals surface area contributed by atoms with Gasteiger partial charge in [-0.1, -0.05) is 0 Å². The highest BCUT2D eigenvalue weighted by molar-refractivity contribution is 9.10. The highest BCUT2D eigenvalue weighted by atomic mass is 79.9.